The second kappa shape index (κ2) is 5.25. The van der Waals surface area contributed by atoms with E-state index in [0.717, 1.165) is 5.69 Å². The fraction of sp³-hybridized carbons (Fsp3) is 0.462. The molecule has 0 aromatic heterocycles. The third kappa shape index (κ3) is 2.55. The number of aliphatic hydroxyl groups is 1. The molecule has 96 valence electrons. The molecule has 3 N–H and O–H groups in total. The van der Waals surface area contributed by atoms with Crippen LogP contribution in [-0.4, -0.2) is 37.0 Å². The molecule has 1 aliphatic heterocycles. The van der Waals surface area contributed by atoms with Crippen molar-refractivity contribution in [3.05, 3.63) is 23.8 Å². The van der Waals surface area contributed by atoms with E-state index in [-0.39, 0.29) is 18.8 Å². The first kappa shape index (κ1) is 12.7. The molecule has 2 atom stereocenters. The Morgan fingerprint density at radius 1 is 1.56 bits per heavy atom. The van der Waals surface area contributed by atoms with Crippen LogP contribution in [0.3, 0.4) is 0 Å². The summed E-state index contributed by atoms with van der Waals surface area (Å²) in [5.41, 5.74) is 8.01. The van der Waals surface area contributed by atoms with Gasteiger partial charge in [-0.3, -0.25) is 0 Å². The molecule has 5 nitrogen and oxygen atoms in total. The van der Waals surface area contributed by atoms with Gasteiger partial charge in [-0.1, -0.05) is 0 Å². The van der Waals surface area contributed by atoms with Crippen molar-refractivity contribution in [3.63, 3.8) is 0 Å². The average Bonchev–Trinajstić information content (AvgIpc) is 2.38. The highest BCUT2D eigenvalue weighted by atomic mass is 16.5. The Morgan fingerprint density at radius 3 is 3.00 bits per heavy atom. The van der Waals surface area contributed by atoms with E-state index in [2.05, 4.69) is 11.0 Å². The van der Waals surface area contributed by atoms with E-state index in [0.29, 0.717) is 24.3 Å². The van der Waals surface area contributed by atoms with Gasteiger partial charge in [0.2, 0.25) is 0 Å². The number of hydrogen-bond acceptors (Lipinski definition) is 5. The van der Waals surface area contributed by atoms with Crippen molar-refractivity contribution in [3.8, 4) is 6.07 Å². The minimum Gasteiger partial charge on any atom is -0.397 e. The molecule has 0 saturated carbocycles. The quantitative estimate of drug-likeness (QED) is 0.753. The molecule has 0 amide bonds. The van der Waals surface area contributed by atoms with Gasteiger partial charge in [-0.25, -0.2) is 0 Å². The number of anilines is 2. The van der Waals surface area contributed by atoms with Crippen LogP contribution >= 0.6 is 0 Å². The maximum absolute atomic E-state index is 9.21. The highest BCUT2D eigenvalue weighted by Crippen LogP contribution is 2.27. The summed E-state index contributed by atoms with van der Waals surface area (Å²) in [5, 5.41) is 18.1. The number of hydrogen-bond donors (Lipinski definition) is 2. The summed E-state index contributed by atoms with van der Waals surface area (Å²) in [7, 11) is 0. The number of rotatable bonds is 2. The number of benzene rings is 1. The molecule has 0 aliphatic carbocycles. The second-order valence-electron chi connectivity index (χ2n) is 4.54. The number of aliphatic hydroxyl groups excluding tert-OH is 1. The summed E-state index contributed by atoms with van der Waals surface area (Å²) in [5.74, 6) is 0. The zero-order valence-electron chi connectivity index (χ0n) is 10.3. The highest BCUT2D eigenvalue weighted by Gasteiger charge is 2.26. The lowest BCUT2D eigenvalue weighted by Gasteiger charge is -2.38. The van der Waals surface area contributed by atoms with Gasteiger partial charge in [0.1, 0.15) is 0 Å². The third-order valence-electron chi connectivity index (χ3n) is 3.03. The normalized spacial score (nSPS) is 23.7. The van der Waals surface area contributed by atoms with Crippen molar-refractivity contribution >= 4 is 11.4 Å². The van der Waals surface area contributed by atoms with E-state index in [1.807, 2.05) is 6.92 Å². The van der Waals surface area contributed by atoms with Crippen molar-refractivity contribution in [2.45, 2.75) is 19.1 Å². The lowest BCUT2D eigenvalue weighted by molar-refractivity contribution is -0.0420. The number of nitrogens with zero attached hydrogens (tertiary/aromatic N) is 2. The van der Waals surface area contributed by atoms with Gasteiger partial charge >= 0.3 is 0 Å². The van der Waals surface area contributed by atoms with Crippen molar-refractivity contribution in [1.82, 2.24) is 0 Å². The molecule has 18 heavy (non-hydrogen) atoms. The Morgan fingerprint density at radius 2 is 2.33 bits per heavy atom. The van der Waals surface area contributed by atoms with Gasteiger partial charge in [0.05, 0.1) is 41.8 Å². The predicted molar refractivity (Wildman–Crippen MR) is 69.2 cm³/mol. The Hall–Kier alpha value is -1.77. The van der Waals surface area contributed by atoms with E-state index < -0.39 is 0 Å². The molecular weight excluding hydrogens is 230 g/mol. The summed E-state index contributed by atoms with van der Waals surface area (Å²) < 4.78 is 5.59. The molecule has 1 aliphatic rings. The zero-order valence-corrected chi connectivity index (χ0v) is 10.3. The lowest BCUT2D eigenvalue weighted by atomic mass is 10.1. The van der Waals surface area contributed by atoms with E-state index in [1.54, 1.807) is 18.2 Å². The Bertz CT molecular complexity index is 470. The Labute approximate surface area is 106 Å². The Balaban J connectivity index is 2.27. The van der Waals surface area contributed by atoms with Crippen LogP contribution in [0.5, 0.6) is 0 Å². The fourth-order valence-corrected chi connectivity index (χ4v) is 2.23. The van der Waals surface area contributed by atoms with Crippen LogP contribution in [0.4, 0.5) is 11.4 Å². The average molecular weight is 247 g/mol. The van der Waals surface area contributed by atoms with Crippen molar-refractivity contribution in [2.24, 2.45) is 0 Å². The summed E-state index contributed by atoms with van der Waals surface area (Å²) in [6.45, 7) is 3.23. The smallest absolute Gasteiger partial charge is 0.0992 e. The maximum atomic E-state index is 9.21. The van der Waals surface area contributed by atoms with Crippen molar-refractivity contribution < 1.29 is 9.84 Å². The highest BCUT2D eigenvalue weighted by molar-refractivity contribution is 5.70. The fourth-order valence-electron chi connectivity index (χ4n) is 2.23. The van der Waals surface area contributed by atoms with E-state index in [9.17, 15) is 5.11 Å². The number of nitriles is 1. The van der Waals surface area contributed by atoms with Crippen LogP contribution in [0.2, 0.25) is 0 Å². The SMILES string of the molecule is CC1CN(c2cc(C#N)ccc2N)CC(CO)O1. The van der Waals surface area contributed by atoms with Gasteiger partial charge in [0.15, 0.2) is 0 Å². The molecular formula is C13H17N3O2. The Kier molecular flexibility index (Phi) is 3.70. The van der Waals surface area contributed by atoms with E-state index in [1.165, 1.54) is 0 Å². The zero-order chi connectivity index (χ0) is 13.1. The van der Waals surface area contributed by atoms with Crippen LogP contribution in [0, 0.1) is 11.3 Å². The minimum atomic E-state index is -0.209. The van der Waals surface area contributed by atoms with Crippen LogP contribution in [-0.2, 0) is 4.74 Å². The van der Waals surface area contributed by atoms with Crippen molar-refractivity contribution in [1.29, 1.82) is 5.26 Å². The first-order valence-corrected chi connectivity index (χ1v) is 5.95. The topological polar surface area (TPSA) is 82.5 Å². The third-order valence-corrected chi connectivity index (χ3v) is 3.03. The first-order valence-electron chi connectivity index (χ1n) is 5.95. The largest absolute Gasteiger partial charge is 0.397 e. The first-order chi connectivity index (χ1) is 8.63. The summed E-state index contributed by atoms with van der Waals surface area (Å²) in [6, 6.07) is 7.33. The lowest BCUT2D eigenvalue weighted by Crippen LogP contribution is -2.48. The number of morpholine rings is 1. The van der Waals surface area contributed by atoms with Gasteiger partial charge in [-0.05, 0) is 25.1 Å². The molecule has 0 radical (unpaired) electrons. The predicted octanol–water partition coefficient (Wildman–Crippen LogP) is 0.726. The van der Waals surface area contributed by atoms with Crippen LogP contribution in [0.1, 0.15) is 12.5 Å². The molecule has 5 heteroatoms. The standard InChI is InChI=1S/C13H17N3O2/c1-9-6-16(7-11(8-17)18-9)13-4-10(5-14)2-3-12(13)15/h2-4,9,11,17H,6-8,15H2,1H3. The monoisotopic (exact) mass is 247 g/mol. The molecule has 2 unspecified atom stereocenters. The number of nitrogens with two attached hydrogens (primary N) is 1. The van der Waals surface area contributed by atoms with Crippen LogP contribution in [0.25, 0.3) is 0 Å². The van der Waals surface area contributed by atoms with E-state index in [4.69, 9.17) is 15.7 Å². The number of nitrogen functional groups attached to an aromatic ring is 1. The summed E-state index contributed by atoms with van der Waals surface area (Å²) in [6.07, 6.45) is -0.181. The van der Waals surface area contributed by atoms with Crippen molar-refractivity contribution in [2.75, 3.05) is 30.3 Å². The van der Waals surface area contributed by atoms with Crippen LogP contribution < -0.4 is 10.6 Å². The molecule has 1 aromatic rings. The van der Waals surface area contributed by atoms with Gasteiger partial charge in [-0.2, -0.15) is 5.26 Å². The van der Waals surface area contributed by atoms with Gasteiger partial charge in [0.25, 0.3) is 0 Å². The molecule has 1 heterocycles. The number of ether oxygens (including phenoxy) is 1. The maximum Gasteiger partial charge on any atom is 0.0992 e. The molecule has 0 bridgehead atoms. The van der Waals surface area contributed by atoms with Gasteiger partial charge in [0, 0.05) is 13.1 Å². The van der Waals surface area contributed by atoms with E-state index >= 15 is 0 Å². The van der Waals surface area contributed by atoms with Crippen LogP contribution in [0.15, 0.2) is 18.2 Å². The molecule has 1 aromatic carbocycles. The van der Waals surface area contributed by atoms with Gasteiger partial charge < -0.3 is 20.5 Å². The minimum absolute atomic E-state index is 0.0152. The van der Waals surface area contributed by atoms with Gasteiger partial charge in [-0.15, -0.1) is 0 Å². The summed E-state index contributed by atoms with van der Waals surface area (Å²) >= 11 is 0. The second-order valence-corrected chi connectivity index (χ2v) is 4.54. The summed E-state index contributed by atoms with van der Waals surface area (Å²) in [4.78, 5) is 2.06. The molecule has 1 saturated heterocycles. The molecule has 1 fully saturated rings. The molecule has 0 spiro atoms. The molecule has 2 rings (SSSR count).